The van der Waals surface area contributed by atoms with Crippen LogP contribution in [-0.4, -0.2) is 0 Å². The molecular weight excluding hydrogens is 743 g/mol. The molecule has 286 valence electrons. The Labute approximate surface area is 353 Å². The van der Waals surface area contributed by atoms with Gasteiger partial charge in [0.25, 0.3) is 0 Å². The summed E-state index contributed by atoms with van der Waals surface area (Å²) in [7, 11) is 0. The van der Waals surface area contributed by atoms with E-state index in [2.05, 4.69) is 205 Å². The maximum absolute atomic E-state index is 6.23. The summed E-state index contributed by atoms with van der Waals surface area (Å²) in [6.45, 7) is 0. The van der Waals surface area contributed by atoms with Gasteiger partial charge in [0, 0.05) is 38.5 Å². The summed E-state index contributed by atoms with van der Waals surface area (Å²) in [5, 5.41) is 6.97. The Balaban J connectivity index is 0.954. The molecule has 0 unspecified atom stereocenters. The van der Waals surface area contributed by atoms with Gasteiger partial charge in [0.05, 0.1) is 5.69 Å². The maximum atomic E-state index is 6.23. The van der Waals surface area contributed by atoms with Gasteiger partial charge in [-0.15, -0.1) is 0 Å². The van der Waals surface area contributed by atoms with Crippen LogP contribution < -0.4 is 4.90 Å². The molecule has 0 spiro atoms. The van der Waals surface area contributed by atoms with Crippen molar-refractivity contribution in [2.24, 2.45) is 0 Å². The van der Waals surface area contributed by atoms with Crippen molar-refractivity contribution in [2.45, 2.75) is 0 Å². The number of hydrogen-bond donors (Lipinski definition) is 0. The predicted octanol–water partition coefficient (Wildman–Crippen LogP) is 16.8. The molecule has 3 nitrogen and oxygen atoms in total. The fraction of sp³-hybridized carbons (Fsp3) is 0. The summed E-state index contributed by atoms with van der Waals surface area (Å²) < 4.78 is 12.4. The molecule has 10 aromatic carbocycles. The molecule has 61 heavy (non-hydrogen) atoms. The standard InChI is InChI=1S/C58H37NO2/c1-2-11-41-35-44(21-20-38(41)10-1)43-13-9-12-42(34-43)39-22-28-47(29-23-39)59(48-30-24-40(25-31-48)45-26-32-57-52(36-45)50-15-4-7-18-55(50)60-57)54-17-6-3-14-49(54)46-27-33-58-53(37-46)51-16-5-8-19-56(51)61-58/h1-37H. The summed E-state index contributed by atoms with van der Waals surface area (Å²) in [4.78, 5) is 2.37. The largest absolute Gasteiger partial charge is 0.456 e. The van der Waals surface area contributed by atoms with E-state index in [1.807, 2.05) is 24.3 Å². The van der Waals surface area contributed by atoms with Crippen molar-refractivity contribution in [3.05, 3.63) is 224 Å². The molecule has 0 N–H and O–H groups in total. The fourth-order valence-corrected chi connectivity index (χ4v) is 8.99. The first-order valence-corrected chi connectivity index (χ1v) is 20.7. The second-order valence-corrected chi connectivity index (χ2v) is 15.7. The van der Waals surface area contributed by atoms with E-state index >= 15 is 0 Å². The monoisotopic (exact) mass is 779 g/mol. The van der Waals surface area contributed by atoms with Crippen molar-refractivity contribution in [3.8, 4) is 44.5 Å². The van der Waals surface area contributed by atoms with E-state index in [9.17, 15) is 0 Å². The average molecular weight is 780 g/mol. The number of fused-ring (bicyclic) bond motifs is 7. The molecule has 0 aliphatic rings. The quantitative estimate of drug-likeness (QED) is 0.161. The summed E-state index contributed by atoms with van der Waals surface area (Å²) in [5.74, 6) is 0. The highest BCUT2D eigenvalue weighted by molar-refractivity contribution is 6.08. The van der Waals surface area contributed by atoms with E-state index in [1.54, 1.807) is 0 Å². The van der Waals surface area contributed by atoms with Gasteiger partial charge < -0.3 is 13.7 Å². The van der Waals surface area contributed by atoms with E-state index in [4.69, 9.17) is 8.83 Å². The molecule has 3 heteroatoms. The van der Waals surface area contributed by atoms with E-state index in [0.29, 0.717) is 0 Å². The molecule has 12 aromatic rings. The van der Waals surface area contributed by atoms with Gasteiger partial charge in [-0.2, -0.15) is 0 Å². The second kappa shape index (κ2) is 14.3. The normalized spacial score (nSPS) is 11.6. The number of para-hydroxylation sites is 3. The molecule has 0 saturated heterocycles. The van der Waals surface area contributed by atoms with Crippen LogP contribution in [0.15, 0.2) is 233 Å². The van der Waals surface area contributed by atoms with E-state index < -0.39 is 0 Å². The molecule has 0 atom stereocenters. The van der Waals surface area contributed by atoms with E-state index in [0.717, 1.165) is 88.8 Å². The minimum absolute atomic E-state index is 0.886. The van der Waals surface area contributed by atoms with Crippen LogP contribution in [0.3, 0.4) is 0 Å². The third-order valence-corrected chi connectivity index (χ3v) is 12.1. The summed E-state index contributed by atoms with van der Waals surface area (Å²) in [5.41, 5.74) is 16.1. The number of benzene rings is 10. The van der Waals surface area contributed by atoms with Crippen LogP contribution >= 0.6 is 0 Å². The molecule has 0 radical (unpaired) electrons. The van der Waals surface area contributed by atoms with E-state index in [1.165, 1.54) is 27.5 Å². The van der Waals surface area contributed by atoms with Gasteiger partial charge in [-0.05, 0) is 129 Å². The van der Waals surface area contributed by atoms with Crippen LogP contribution in [0.25, 0.3) is 99.2 Å². The number of rotatable bonds is 7. The van der Waals surface area contributed by atoms with Crippen LogP contribution in [-0.2, 0) is 0 Å². The molecule has 0 aliphatic carbocycles. The Morgan fingerprint density at radius 1 is 0.262 bits per heavy atom. The molecular formula is C58H37NO2. The van der Waals surface area contributed by atoms with Gasteiger partial charge >= 0.3 is 0 Å². The van der Waals surface area contributed by atoms with E-state index in [-0.39, 0.29) is 0 Å². The number of furan rings is 2. The zero-order chi connectivity index (χ0) is 40.3. The van der Waals surface area contributed by atoms with Gasteiger partial charge in [-0.1, -0.05) is 146 Å². The minimum atomic E-state index is 0.886. The first-order chi connectivity index (χ1) is 30.2. The van der Waals surface area contributed by atoms with Crippen molar-refractivity contribution in [3.63, 3.8) is 0 Å². The molecule has 0 bridgehead atoms. The Bertz CT molecular complexity index is 3590. The van der Waals surface area contributed by atoms with Crippen LogP contribution in [0.1, 0.15) is 0 Å². The highest BCUT2D eigenvalue weighted by Gasteiger charge is 2.19. The second-order valence-electron chi connectivity index (χ2n) is 15.7. The Morgan fingerprint density at radius 3 is 1.39 bits per heavy atom. The van der Waals surface area contributed by atoms with Gasteiger partial charge in [0.1, 0.15) is 22.3 Å². The summed E-state index contributed by atoms with van der Waals surface area (Å²) in [6.07, 6.45) is 0. The van der Waals surface area contributed by atoms with Gasteiger partial charge in [0.15, 0.2) is 0 Å². The molecule has 0 fully saturated rings. The van der Waals surface area contributed by atoms with Crippen molar-refractivity contribution in [1.29, 1.82) is 0 Å². The van der Waals surface area contributed by atoms with Crippen LogP contribution in [0.4, 0.5) is 17.1 Å². The molecule has 12 rings (SSSR count). The fourth-order valence-electron chi connectivity index (χ4n) is 8.99. The van der Waals surface area contributed by atoms with Crippen molar-refractivity contribution in [2.75, 3.05) is 4.90 Å². The Hall–Kier alpha value is -8.14. The molecule has 0 saturated carbocycles. The molecule has 0 aliphatic heterocycles. The lowest BCUT2D eigenvalue weighted by Crippen LogP contribution is -2.11. The van der Waals surface area contributed by atoms with Crippen molar-refractivity contribution < 1.29 is 8.83 Å². The molecule has 2 aromatic heterocycles. The topological polar surface area (TPSA) is 29.5 Å². The van der Waals surface area contributed by atoms with Gasteiger partial charge in [-0.3, -0.25) is 0 Å². The van der Waals surface area contributed by atoms with Crippen molar-refractivity contribution in [1.82, 2.24) is 0 Å². The molecule has 2 heterocycles. The van der Waals surface area contributed by atoms with Crippen molar-refractivity contribution >= 4 is 71.7 Å². The smallest absolute Gasteiger partial charge is 0.135 e. The number of nitrogens with zero attached hydrogens (tertiary/aromatic N) is 1. The third kappa shape index (κ3) is 6.14. The first kappa shape index (κ1) is 34.9. The Morgan fingerprint density at radius 2 is 0.721 bits per heavy atom. The SMILES string of the molecule is c1cc(-c2ccc(N(c3ccc(-c4ccc5oc6ccccc6c5c4)cc3)c3ccccc3-c3ccc4oc5ccccc5c4c3)cc2)cc(-c2ccc3ccccc3c2)c1. The number of hydrogen-bond acceptors (Lipinski definition) is 3. The average Bonchev–Trinajstić information content (AvgIpc) is 3.90. The highest BCUT2D eigenvalue weighted by atomic mass is 16.3. The van der Waals surface area contributed by atoms with Crippen LogP contribution in [0, 0.1) is 0 Å². The summed E-state index contributed by atoms with van der Waals surface area (Å²) >= 11 is 0. The van der Waals surface area contributed by atoms with Crippen LogP contribution in [0.2, 0.25) is 0 Å². The number of anilines is 3. The minimum Gasteiger partial charge on any atom is -0.456 e. The van der Waals surface area contributed by atoms with Gasteiger partial charge in [0.2, 0.25) is 0 Å². The molecule has 0 amide bonds. The lowest BCUT2D eigenvalue weighted by Gasteiger charge is -2.28. The lowest BCUT2D eigenvalue weighted by molar-refractivity contribution is 0.668. The third-order valence-electron chi connectivity index (χ3n) is 12.1. The Kier molecular flexibility index (Phi) is 8.17. The maximum Gasteiger partial charge on any atom is 0.135 e. The van der Waals surface area contributed by atoms with Crippen LogP contribution in [0.5, 0.6) is 0 Å². The first-order valence-electron chi connectivity index (χ1n) is 20.7. The lowest BCUT2D eigenvalue weighted by atomic mass is 9.97. The highest BCUT2D eigenvalue weighted by Crippen LogP contribution is 2.44. The predicted molar refractivity (Wildman–Crippen MR) is 255 cm³/mol. The zero-order valence-electron chi connectivity index (χ0n) is 33.1. The summed E-state index contributed by atoms with van der Waals surface area (Å²) in [6, 6.07) is 80.2. The zero-order valence-corrected chi connectivity index (χ0v) is 33.1. The van der Waals surface area contributed by atoms with Gasteiger partial charge in [-0.25, -0.2) is 0 Å².